The van der Waals surface area contributed by atoms with Gasteiger partial charge in [-0.1, -0.05) is 19.4 Å². The molecule has 5 heteroatoms. The molecule has 108 valence electrons. The lowest BCUT2D eigenvalue weighted by atomic mass is 10.0. The lowest BCUT2D eigenvalue weighted by molar-refractivity contribution is -0.149. The first-order chi connectivity index (χ1) is 9.52. The predicted octanol–water partition coefficient (Wildman–Crippen LogP) is 1.41. The maximum Gasteiger partial charge on any atom is 0.246 e. The van der Waals surface area contributed by atoms with Gasteiger partial charge in [-0.3, -0.25) is 14.6 Å². The van der Waals surface area contributed by atoms with Crippen LogP contribution < -0.4 is 5.32 Å². The van der Waals surface area contributed by atoms with Crippen molar-refractivity contribution in [2.45, 2.75) is 52.2 Å². The number of carbonyl (C=O) groups excluding carboxylic acids is 2. The monoisotopic (exact) mass is 275 g/mol. The highest BCUT2D eigenvalue weighted by Gasteiger charge is 2.37. The molecule has 0 aromatic carbocycles. The van der Waals surface area contributed by atoms with Gasteiger partial charge in [0.05, 0.1) is 0 Å². The van der Waals surface area contributed by atoms with E-state index in [1.807, 2.05) is 19.9 Å². The highest BCUT2D eigenvalue weighted by Crippen LogP contribution is 2.17. The van der Waals surface area contributed by atoms with Crippen LogP contribution in [0, 0.1) is 6.92 Å². The summed E-state index contributed by atoms with van der Waals surface area (Å²) in [6.45, 7) is 6.16. The third-order valence-corrected chi connectivity index (χ3v) is 3.61. The molecule has 1 aromatic rings. The number of hydrogen-bond acceptors (Lipinski definition) is 3. The summed E-state index contributed by atoms with van der Waals surface area (Å²) in [5, 5.41) is 2.80. The summed E-state index contributed by atoms with van der Waals surface area (Å²) >= 11 is 0. The van der Waals surface area contributed by atoms with Crippen LogP contribution in [0.3, 0.4) is 0 Å². The van der Waals surface area contributed by atoms with E-state index in [1.54, 1.807) is 24.2 Å². The molecule has 1 saturated heterocycles. The molecule has 20 heavy (non-hydrogen) atoms. The summed E-state index contributed by atoms with van der Waals surface area (Å²) in [6, 6.07) is 1.17. The van der Waals surface area contributed by atoms with Crippen LogP contribution in [-0.4, -0.2) is 33.8 Å². The molecular weight excluding hydrogens is 254 g/mol. The molecule has 0 spiro atoms. The molecule has 2 heterocycles. The molecule has 1 aliphatic rings. The Morgan fingerprint density at radius 3 is 2.75 bits per heavy atom. The average Bonchev–Trinajstić information content (AvgIpc) is 2.41. The Morgan fingerprint density at radius 1 is 1.35 bits per heavy atom. The molecule has 0 aliphatic carbocycles. The highest BCUT2D eigenvalue weighted by atomic mass is 16.2. The number of aryl methyl sites for hydroxylation is 1. The standard InChI is InChI=1S/C15H21N3O2/c1-4-5-13-15(20)18(11(3)14(19)17-13)9-12-6-10(2)7-16-8-12/h6-8,11,13H,4-5,9H2,1-3H3,(H,17,19). The Hall–Kier alpha value is -1.91. The minimum atomic E-state index is -0.434. The molecule has 1 aromatic heterocycles. The van der Waals surface area contributed by atoms with E-state index >= 15 is 0 Å². The summed E-state index contributed by atoms with van der Waals surface area (Å²) in [5.41, 5.74) is 2.00. The molecule has 1 fully saturated rings. The van der Waals surface area contributed by atoms with Crippen LogP contribution in [0.5, 0.6) is 0 Å². The zero-order valence-electron chi connectivity index (χ0n) is 12.2. The quantitative estimate of drug-likeness (QED) is 0.903. The second-order valence-electron chi connectivity index (χ2n) is 5.36. The Balaban J connectivity index is 2.18. The number of pyridine rings is 1. The van der Waals surface area contributed by atoms with Crippen LogP contribution in [0.2, 0.25) is 0 Å². The van der Waals surface area contributed by atoms with E-state index in [0.29, 0.717) is 13.0 Å². The Morgan fingerprint density at radius 2 is 2.10 bits per heavy atom. The Bertz CT molecular complexity index is 516. The SMILES string of the molecule is CCCC1NC(=O)C(C)N(Cc2cncc(C)c2)C1=O. The van der Waals surface area contributed by atoms with E-state index in [1.165, 1.54) is 0 Å². The number of nitrogens with one attached hydrogen (secondary N) is 1. The predicted molar refractivity (Wildman–Crippen MR) is 75.8 cm³/mol. The number of piperazine rings is 1. The van der Waals surface area contributed by atoms with E-state index < -0.39 is 6.04 Å². The zero-order chi connectivity index (χ0) is 14.7. The number of nitrogens with zero attached hydrogens (tertiary/aromatic N) is 2. The third kappa shape index (κ3) is 2.98. The summed E-state index contributed by atoms with van der Waals surface area (Å²) in [4.78, 5) is 30.2. The minimum absolute atomic E-state index is 0.000422. The van der Waals surface area contributed by atoms with Gasteiger partial charge in [0.25, 0.3) is 0 Å². The van der Waals surface area contributed by atoms with Crippen molar-refractivity contribution < 1.29 is 9.59 Å². The fraction of sp³-hybridized carbons (Fsp3) is 0.533. The maximum absolute atomic E-state index is 12.5. The number of carbonyl (C=O) groups is 2. The summed E-state index contributed by atoms with van der Waals surface area (Å²) in [6.07, 6.45) is 5.07. The minimum Gasteiger partial charge on any atom is -0.343 e. The van der Waals surface area contributed by atoms with Crippen molar-refractivity contribution in [3.63, 3.8) is 0 Å². The van der Waals surface area contributed by atoms with Crippen molar-refractivity contribution in [3.8, 4) is 0 Å². The smallest absolute Gasteiger partial charge is 0.246 e. The fourth-order valence-corrected chi connectivity index (χ4v) is 2.49. The normalized spacial score (nSPS) is 22.9. The van der Waals surface area contributed by atoms with Gasteiger partial charge in [0.15, 0.2) is 0 Å². The second-order valence-corrected chi connectivity index (χ2v) is 5.36. The van der Waals surface area contributed by atoms with Crippen molar-refractivity contribution in [2.24, 2.45) is 0 Å². The number of hydrogen-bond donors (Lipinski definition) is 1. The first-order valence-corrected chi connectivity index (χ1v) is 7.04. The van der Waals surface area contributed by atoms with Crippen LogP contribution in [0.1, 0.15) is 37.8 Å². The fourth-order valence-electron chi connectivity index (χ4n) is 2.49. The van der Waals surface area contributed by atoms with Crippen LogP contribution >= 0.6 is 0 Å². The van der Waals surface area contributed by atoms with Gasteiger partial charge >= 0.3 is 0 Å². The number of rotatable bonds is 4. The van der Waals surface area contributed by atoms with Gasteiger partial charge in [-0.05, 0) is 31.4 Å². The Kier molecular flexibility index (Phi) is 4.37. The van der Waals surface area contributed by atoms with Gasteiger partial charge in [-0.2, -0.15) is 0 Å². The molecule has 1 N–H and O–H groups in total. The van der Waals surface area contributed by atoms with Crippen molar-refractivity contribution in [1.82, 2.24) is 15.2 Å². The average molecular weight is 275 g/mol. The second kappa shape index (κ2) is 6.03. The van der Waals surface area contributed by atoms with Gasteiger partial charge < -0.3 is 10.2 Å². The Labute approximate surface area is 119 Å². The lowest BCUT2D eigenvalue weighted by Crippen LogP contribution is -2.61. The third-order valence-electron chi connectivity index (χ3n) is 3.61. The van der Waals surface area contributed by atoms with Crippen molar-refractivity contribution in [1.29, 1.82) is 0 Å². The molecule has 5 nitrogen and oxygen atoms in total. The summed E-state index contributed by atoms with van der Waals surface area (Å²) in [5.74, 6) is -0.0795. The van der Waals surface area contributed by atoms with E-state index in [4.69, 9.17) is 0 Å². The van der Waals surface area contributed by atoms with E-state index in [0.717, 1.165) is 17.5 Å². The largest absolute Gasteiger partial charge is 0.343 e. The molecule has 2 rings (SSSR count). The molecule has 0 bridgehead atoms. The van der Waals surface area contributed by atoms with E-state index in [-0.39, 0.29) is 17.9 Å². The molecule has 2 amide bonds. The van der Waals surface area contributed by atoms with Gasteiger partial charge in [-0.25, -0.2) is 0 Å². The molecule has 2 unspecified atom stereocenters. The van der Waals surface area contributed by atoms with Crippen molar-refractivity contribution in [2.75, 3.05) is 0 Å². The van der Waals surface area contributed by atoms with Crippen molar-refractivity contribution >= 4 is 11.8 Å². The van der Waals surface area contributed by atoms with Gasteiger partial charge in [0.1, 0.15) is 12.1 Å². The van der Waals surface area contributed by atoms with Crippen LogP contribution in [0.25, 0.3) is 0 Å². The van der Waals surface area contributed by atoms with Gasteiger partial charge in [0, 0.05) is 18.9 Å². The molecule has 0 saturated carbocycles. The van der Waals surface area contributed by atoms with Gasteiger partial charge in [0.2, 0.25) is 11.8 Å². The molecular formula is C15H21N3O2. The maximum atomic E-state index is 12.5. The summed E-state index contributed by atoms with van der Waals surface area (Å²) < 4.78 is 0. The van der Waals surface area contributed by atoms with Gasteiger partial charge in [-0.15, -0.1) is 0 Å². The lowest BCUT2D eigenvalue weighted by Gasteiger charge is -2.37. The van der Waals surface area contributed by atoms with Crippen LogP contribution in [0.15, 0.2) is 18.5 Å². The zero-order valence-corrected chi connectivity index (χ0v) is 12.2. The highest BCUT2D eigenvalue weighted by molar-refractivity contribution is 5.96. The topological polar surface area (TPSA) is 62.3 Å². The number of amides is 2. The number of aromatic nitrogens is 1. The summed E-state index contributed by atoms with van der Waals surface area (Å²) in [7, 11) is 0. The first kappa shape index (κ1) is 14.5. The molecule has 0 radical (unpaired) electrons. The molecule has 1 aliphatic heterocycles. The molecule has 2 atom stereocenters. The van der Waals surface area contributed by atoms with E-state index in [9.17, 15) is 9.59 Å². The van der Waals surface area contributed by atoms with E-state index in [2.05, 4.69) is 10.3 Å². The van der Waals surface area contributed by atoms with Crippen LogP contribution in [-0.2, 0) is 16.1 Å². The van der Waals surface area contributed by atoms with Crippen LogP contribution in [0.4, 0.5) is 0 Å². The van der Waals surface area contributed by atoms with Crippen molar-refractivity contribution in [3.05, 3.63) is 29.6 Å². The first-order valence-electron chi connectivity index (χ1n) is 7.04.